The van der Waals surface area contributed by atoms with E-state index in [1.165, 1.54) is 44.1 Å². The maximum Gasteiger partial charge on any atom is 0.115 e. The van der Waals surface area contributed by atoms with E-state index in [2.05, 4.69) is 25.7 Å². The Labute approximate surface area is 152 Å². The normalized spacial score (nSPS) is 10.8. The van der Waals surface area contributed by atoms with Crippen LogP contribution in [0.15, 0.2) is 24.3 Å². The van der Waals surface area contributed by atoms with Crippen molar-refractivity contribution in [1.82, 2.24) is 4.90 Å². The van der Waals surface area contributed by atoms with Crippen molar-refractivity contribution in [2.24, 2.45) is 0 Å². The maximum absolute atomic E-state index is 8.98. The second-order valence-electron chi connectivity index (χ2n) is 6.81. The van der Waals surface area contributed by atoms with E-state index in [-0.39, 0.29) is 0 Å². The Morgan fingerprint density at radius 3 is 1.54 bits per heavy atom. The molecular formula is C21H40NOP. The highest BCUT2D eigenvalue weighted by Gasteiger charge is 2.05. The highest BCUT2D eigenvalue weighted by Crippen LogP contribution is 2.38. The first-order chi connectivity index (χ1) is 11.5. The molecule has 0 saturated carbocycles. The highest BCUT2D eigenvalue weighted by atomic mass is 31.1. The van der Waals surface area contributed by atoms with E-state index in [1.54, 1.807) is 30.6 Å². The lowest BCUT2D eigenvalue weighted by atomic mass is 10.2. The fraction of sp³-hybridized carbons (Fsp3) is 0.714. The molecule has 0 fully saturated rings. The molecule has 0 atom stereocenters. The minimum atomic E-state index is 0.326. The van der Waals surface area contributed by atoms with Crippen molar-refractivity contribution in [2.45, 2.75) is 65.8 Å². The summed E-state index contributed by atoms with van der Waals surface area (Å²) in [5, 5.41) is 8.98. The molecule has 0 aromatic heterocycles. The van der Waals surface area contributed by atoms with Crippen LogP contribution in [-0.4, -0.2) is 42.6 Å². The van der Waals surface area contributed by atoms with Crippen molar-refractivity contribution in [3.05, 3.63) is 29.8 Å². The zero-order valence-corrected chi connectivity index (χ0v) is 17.6. The molecule has 0 bridgehead atoms. The number of hydrogen-bond donors (Lipinski definition) is 1. The number of hydrogen-bond acceptors (Lipinski definition) is 2. The summed E-state index contributed by atoms with van der Waals surface area (Å²) in [6.07, 6.45) is 13.2. The quantitative estimate of drug-likeness (QED) is 0.470. The van der Waals surface area contributed by atoms with E-state index >= 15 is 0 Å². The van der Waals surface area contributed by atoms with E-state index in [4.69, 9.17) is 5.11 Å². The van der Waals surface area contributed by atoms with Gasteiger partial charge in [0.25, 0.3) is 0 Å². The molecule has 0 spiro atoms. The number of unbranched alkanes of at least 4 members (excludes halogenated alkanes) is 3. The molecule has 0 heterocycles. The van der Waals surface area contributed by atoms with Gasteiger partial charge in [-0.3, -0.25) is 0 Å². The van der Waals surface area contributed by atoms with Crippen LogP contribution in [-0.2, 0) is 6.54 Å². The van der Waals surface area contributed by atoms with E-state index < -0.39 is 0 Å². The summed E-state index contributed by atoms with van der Waals surface area (Å²) in [5.74, 6) is 0.326. The summed E-state index contributed by atoms with van der Waals surface area (Å²) in [6, 6.07) is 7.27. The minimum Gasteiger partial charge on any atom is -0.508 e. The van der Waals surface area contributed by atoms with Crippen molar-refractivity contribution in [1.29, 1.82) is 0 Å². The Bertz CT molecular complexity index is 359. The number of aromatic hydroxyl groups is 1. The van der Waals surface area contributed by atoms with Crippen LogP contribution in [0.5, 0.6) is 5.75 Å². The van der Waals surface area contributed by atoms with E-state index in [0.717, 1.165) is 6.54 Å². The zero-order valence-electron chi connectivity index (χ0n) is 16.7. The van der Waals surface area contributed by atoms with Gasteiger partial charge in [-0.15, -0.1) is 7.92 Å². The summed E-state index contributed by atoms with van der Waals surface area (Å²) in [6.45, 7) is 7.85. The standard InChI is InChI=1S/C12H27P.C9H13NO/c1-4-7-10-13(11-8-5-2)12-9-6-3;1-10(2)7-8-3-5-9(11)6-4-8/h4-12H2,1-3H3;3-6,11H,7H2,1-2H3. The van der Waals surface area contributed by atoms with Gasteiger partial charge >= 0.3 is 0 Å². The van der Waals surface area contributed by atoms with Crippen molar-refractivity contribution < 1.29 is 5.11 Å². The average Bonchev–Trinajstić information content (AvgIpc) is 2.56. The number of benzene rings is 1. The van der Waals surface area contributed by atoms with Gasteiger partial charge < -0.3 is 10.0 Å². The Hall–Kier alpha value is -0.590. The molecule has 1 aromatic carbocycles. The van der Waals surface area contributed by atoms with Gasteiger partial charge in [0.05, 0.1) is 0 Å². The predicted molar refractivity (Wildman–Crippen MR) is 112 cm³/mol. The Morgan fingerprint density at radius 1 is 0.792 bits per heavy atom. The summed E-state index contributed by atoms with van der Waals surface area (Å²) >= 11 is 0. The lowest BCUT2D eigenvalue weighted by Crippen LogP contribution is -2.10. The number of phenols is 1. The molecule has 0 aliphatic carbocycles. The smallest absolute Gasteiger partial charge is 0.115 e. The number of phenolic OH excluding ortho intramolecular Hbond substituents is 1. The Balaban J connectivity index is 0.000000446. The molecule has 1 aromatic rings. The van der Waals surface area contributed by atoms with Gasteiger partial charge in [0.2, 0.25) is 0 Å². The predicted octanol–water partition coefficient (Wildman–Crippen LogP) is 6.32. The largest absolute Gasteiger partial charge is 0.508 e. The molecule has 2 nitrogen and oxygen atoms in total. The lowest BCUT2D eigenvalue weighted by Gasteiger charge is -2.16. The first-order valence-electron chi connectivity index (χ1n) is 9.68. The topological polar surface area (TPSA) is 23.5 Å². The van der Waals surface area contributed by atoms with Crippen molar-refractivity contribution in [3.8, 4) is 5.75 Å². The molecule has 0 aliphatic rings. The SMILES string of the molecule is CCCCP(CCCC)CCCC.CN(C)Cc1ccc(O)cc1. The van der Waals surface area contributed by atoms with E-state index in [0.29, 0.717) is 13.7 Å². The van der Waals surface area contributed by atoms with Gasteiger partial charge in [0.15, 0.2) is 0 Å². The minimum absolute atomic E-state index is 0.326. The van der Waals surface area contributed by atoms with E-state index in [1.807, 2.05) is 26.2 Å². The van der Waals surface area contributed by atoms with Crippen LogP contribution in [0.1, 0.15) is 64.9 Å². The van der Waals surface area contributed by atoms with Gasteiger partial charge in [0, 0.05) is 6.54 Å². The number of nitrogens with zero attached hydrogens (tertiary/aromatic N) is 1. The highest BCUT2D eigenvalue weighted by molar-refractivity contribution is 7.57. The molecule has 0 unspecified atom stereocenters. The second-order valence-corrected chi connectivity index (χ2v) is 9.49. The van der Waals surface area contributed by atoms with Crippen molar-refractivity contribution in [3.63, 3.8) is 0 Å². The molecule has 24 heavy (non-hydrogen) atoms. The third-order valence-electron chi connectivity index (χ3n) is 3.92. The van der Waals surface area contributed by atoms with Crippen LogP contribution in [0.4, 0.5) is 0 Å². The van der Waals surface area contributed by atoms with E-state index in [9.17, 15) is 0 Å². The molecule has 140 valence electrons. The van der Waals surface area contributed by atoms with Crippen molar-refractivity contribution >= 4 is 7.92 Å². The fourth-order valence-corrected chi connectivity index (χ4v) is 5.41. The van der Waals surface area contributed by atoms with Gasteiger partial charge in [-0.2, -0.15) is 0 Å². The van der Waals surface area contributed by atoms with Crippen LogP contribution in [0.2, 0.25) is 0 Å². The average molecular weight is 354 g/mol. The van der Waals surface area contributed by atoms with Crippen LogP contribution in [0, 0.1) is 0 Å². The third kappa shape index (κ3) is 13.8. The molecular weight excluding hydrogens is 313 g/mol. The van der Waals surface area contributed by atoms with Gasteiger partial charge in [0.1, 0.15) is 5.75 Å². The third-order valence-corrected chi connectivity index (χ3v) is 6.76. The molecule has 1 rings (SSSR count). The summed E-state index contributed by atoms with van der Waals surface area (Å²) in [7, 11) is 4.46. The second kappa shape index (κ2) is 15.9. The van der Waals surface area contributed by atoms with Gasteiger partial charge in [-0.1, -0.05) is 52.2 Å². The van der Waals surface area contributed by atoms with Crippen LogP contribution < -0.4 is 0 Å². The first kappa shape index (κ1) is 23.4. The van der Waals surface area contributed by atoms with Crippen LogP contribution >= 0.6 is 7.92 Å². The molecule has 0 aliphatic heterocycles. The molecule has 3 heteroatoms. The maximum atomic E-state index is 8.98. The fourth-order valence-electron chi connectivity index (χ4n) is 2.45. The van der Waals surface area contributed by atoms with Gasteiger partial charge in [-0.25, -0.2) is 0 Å². The van der Waals surface area contributed by atoms with Crippen molar-refractivity contribution in [2.75, 3.05) is 32.6 Å². The molecule has 0 saturated heterocycles. The summed E-state index contributed by atoms with van der Waals surface area (Å²) in [5.41, 5.74) is 1.22. The molecule has 0 radical (unpaired) electrons. The molecule has 0 amide bonds. The monoisotopic (exact) mass is 353 g/mol. The van der Waals surface area contributed by atoms with Crippen LogP contribution in [0.25, 0.3) is 0 Å². The summed E-state index contributed by atoms with van der Waals surface area (Å²) < 4.78 is 0. The summed E-state index contributed by atoms with van der Waals surface area (Å²) in [4.78, 5) is 2.09. The van der Waals surface area contributed by atoms with Gasteiger partial charge in [-0.05, 0) is 69.5 Å². The number of rotatable bonds is 11. The lowest BCUT2D eigenvalue weighted by molar-refractivity contribution is 0.402. The zero-order chi connectivity index (χ0) is 18.2. The molecule has 1 N–H and O–H groups in total. The Morgan fingerprint density at radius 2 is 1.21 bits per heavy atom. The van der Waals surface area contributed by atoms with Crippen LogP contribution in [0.3, 0.4) is 0 Å². The Kier molecular flexibility index (Phi) is 15.5. The first-order valence-corrected chi connectivity index (χ1v) is 11.6.